The lowest BCUT2D eigenvalue weighted by molar-refractivity contribution is 0.417. The zero-order valence-electron chi connectivity index (χ0n) is 13.1. The van der Waals surface area contributed by atoms with Crippen LogP contribution < -0.4 is 0 Å². The Morgan fingerprint density at radius 1 is 1.00 bits per heavy atom. The van der Waals surface area contributed by atoms with E-state index in [9.17, 15) is 0 Å². The van der Waals surface area contributed by atoms with Gasteiger partial charge in [0.25, 0.3) is 0 Å². The second kappa shape index (κ2) is 7.87. The van der Waals surface area contributed by atoms with Crippen LogP contribution in [0.3, 0.4) is 0 Å². The Morgan fingerprint density at radius 2 is 1.68 bits per heavy atom. The van der Waals surface area contributed by atoms with E-state index in [0.29, 0.717) is 0 Å². The minimum Gasteiger partial charge on any atom is -0.309 e. The van der Waals surface area contributed by atoms with Gasteiger partial charge in [-0.25, -0.2) is 0 Å². The Bertz CT molecular complexity index is 614. The summed E-state index contributed by atoms with van der Waals surface area (Å²) in [5.74, 6) is 1.05. The number of fused-ring (bicyclic) bond motifs is 2. The Kier molecular flexibility index (Phi) is 6.13. The van der Waals surface area contributed by atoms with Gasteiger partial charge in [0.1, 0.15) is 0 Å². The molecule has 22 heavy (non-hydrogen) atoms. The lowest BCUT2D eigenvalue weighted by atomic mass is 9.93. The van der Waals surface area contributed by atoms with Crippen molar-refractivity contribution in [3.8, 4) is 0 Å². The molecule has 3 rings (SSSR count). The van der Waals surface area contributed by atoms with Crippen LogP contribution in [0.15, 0.2) is 59.5 Å². The van der Waals surface area contributed by atoms with Gasteiger partial charge in [0, 0.05) is 17.2 Å². The SMILES string of the molecule is CN(C)CCC=C1c2ccccc2CSc2ccccc21.Cl. The number of halogens is 1. The van der Waals surface area contributed by atoms with Crippen LogP contribution in [-0.4, -0.2) is 25.5 Å². The molecule has 0 saturated heterocycles. The van der Waals surface area contributed by atoms with Crippen LogP contribution in [0, 0.1) is 0 Å². The van der Waals surface area contributed by atoms with Gasteiger partial charge in [0.05, 0.1) is 0 Å². The van der Waals surface area contributed by atoms with E-state index in [-0.39, 0.29) is 12.4 Å². The molecule has 1 nitrogen and oxygen atoms in total. The summed E-state index contributed by atoms with van der Waals surface area (Å²) in [5, 5.41) is 0. The van der Waals surface area contributed by atoms with Gasteiger partial charge in [-0.1, -0.05) is 48.5 Å². The van der Waals surface area contributed by atoms with E-state index in [1.54, 1.807) is 0 Å². The molecule has 0 fully saturated rings. The number of nitrogens with zero attached hydrogens (tertiary/aromatic N) is 1. The minimum atomic E-state index is 0. The molecule has 0 saturated carbocycles. The molecular formula is C19H22ClNS. The molecule has 1 aliphatic rings. The molecule has 1 heterocycles. The third kappa shape index (κ3) is 3.75. The van der Waals surface area contributed by atoms with E-state index in [4.69, 9.17) is 0 Å². The Labute approximate surface area is 143 Å². The van der Waals surface area contributed by atoms with Crippen molar-refractivity contribution in [2.24, 2.45) is 0 Å². The van der Waals surface area contributed by atoms with Crippen molar-refractivity contribution >= 4 is 29.7 Å². The van der Waals surface area contributed by atoms with Crippen molar-refractivity contribution < 1.29 is 0 Å². The first kappa shape index (κ1) is 17.1. The van der Waals surface area contributed by atoms with Gasteiger partial charge in [0.2, 0.25) is 0 Å². The first-order valence-electron chi connectivity index (χ1n) is 7.41. The topological polar surface area (TPSA) is 3.24 Å². The van der Waals surface area contributed by atoms with E-state index in [1.807, 2.05) is 11.8 Å². The molecule has 0 radical (unpaired) electrons. The van der Waals surface area contributed by atoms with Gasteiger partial charge < -0.3 is 4.90 Å². The average Bonchev–Trinajstić information content (AvgIpc) is 2.65. The van der Waals surface area contributed by atoms with Gasteiger partial charge in [-0.05, 0) is 48.8 Å². The monoisotopic (exact) mass is 331 g/mol. The number of thioether (sulfide) groups is 1. The lowest BCUT2D eigenvalue weighted by Gasteiger charge is -2.12. The fourth-order valence-electron chi connectivity index (χ4n) is 2.71. The molecule has 0 aromatic heterocycles. The maximum atomic E-state index is 2.41. The summed E-state index contributed by atoms with van der Waals surface area (Å²) in [6.45, 7) is 1.08. The normalized spacial score (nSPS) is 15.0. The zero-order valence-corrected chi connectivity index (χ0v) is 14.7. The van der Waals surface area contributed by atoms with E-state index in [1.165, 1.54) is 27.2 Å². The number of rotatable bonds is 3. The molecular weight excluding hydrogens is 310 g/mol. The van der Waals surface area contributed by atoms with E-state index >= 15 is 0 Å². The van der Waals surface area contributed by atoms with Crippen LogP contribution in [0.5, 0.6) is 0 Å². The Morgan fingerprint density at radius 3 is 2.45 bits per heavy atom. The summed E-state index contributed by atoms with van der Waals surface area (Å²) < 4.78 is 0. The Balaban J connectivity index is 0.00000176. The molecule has 3 heteroatoms. The van der Waals surface area contributed by atoms with Crippen LogP contribution >= 0.6 is 24.2 Å². The standard InChI is InChI=1S/C19H21NS.ClH/c1-20(2)13-7-11-17-16-9-4-3-8-15(16)14-21-19-12-6-5-10-18(17)19;/h3-6,8-12H,7,13-14H2,1-2H3;1H. The van der Waals surface area contributed by atoms with Crippen molar-refractivity contribution in [2.75, 3.05) is 20.6 Å². The largest absolute Gasteiger partial charge is 0.309 e. The molecule has 116 valence electrons. The minimum absolute atomic E-state index is 0. The zero-order chi connectivity index (χ0) is 14.7. The number of hydrogen-bond acceptors (Lipinski definition) is 2. The van der Waals surface area contributed by atoms with E-state index in [0.717, 1.165) is 18.7 Å². The fraction of sp³-hybridized carbons (Fsp3) is 0.263. The third-order valence-electron chi connectivity index (χ3n) is 3.79. The first-order chi connectivity index (χ1) is 10.3. The van der Waals surface area contributed by atoms with Crippen LogP contribution in [0.1, 0.15) is 23.1 Å². The van der Waals surface area contributed by atoms with Crippen molar-refractivity contribution in [3.05, 3.63) is 71.3 Å². The number of hydrogen-bond donors (Lipinski definition) is 0. The highest BCUT2D eigenvalue weighted by molar-refractivity contribution is 7.98. The maximum absolute atomic E-state index is 2.41. The molecule has 0 bridgehead atoms. The van der Waals surface area contributed by atoms with Crippen molar-refractivity contribution in [3.63, 3.8) is 0 Å². The highest BCUT2D eigenvalue weighted by Crippen LogP contribution is 2.39. The summed E-state index contributed by atoms with van der Waals surface area (Å²) in [6, 6.07) is 17.6. The summed E-state index contributed by atoms with van der Waals surface area (Å²) >= 11 is 1.94. The van der Waals surface area contributed by atoms with Gasteiger partial charge >= 0.3 is 0 Å². The number of benzene rings is 2. The van der Waals surface area contributed by atoms with E-state index in [2.05, 4.69) is 73.6 Å². The highest BCUT2D eigenvalue weighted by atomic mass is 35.5. The van der Waals surface area contributed by atoms with Crippen molar-refractivity contribution in [1.82, 2.24) is 4.90 Å². The Hall–Kier alpha value is -1.22. The lowest BCUT2D eigenvalue weighted by Crippen LogP contribution is -2.12. The summed E-state index contributed by atoms with van der Waals surface area (Å²) in [6.07, 6.45) is 3.49. The van der Waals surface area contributed by atoms with Crippen LogP contribution in [-0.2, 0) is 5.75 Å². The molecule has 1 aliphatic heterocycles. The second-order valence-electron chi connectivity index (χ2n) is 5.65. The second-order valence-corrected chi connectivity index (χ2v) is 6.67. The third-order valence-corrected chi connectivity index (χ3v) is 4.92. The van der Waals surface area contributed by atoms with Gasteiger partial charge in [-0.15, -0.1) is 24.2 Å². The predicted molar refractivity (Wildman–Crippen MR) is 99.9 cm³/mol. The smallest absolute Gasteiger partial charge is 0.0238 e. The van der Waals surface area contributed by atoms with E-state index < -0.39 is 0 Å². The van der Waals surface area contributed by atoms with Crippen LogP contribution in [0.25, 0.3) is 5.57 Å². The molecule has 0 amide bonds. The highest BCUT2D eigenvalue weighted by Gasteiger charge is 2.17. The quantitative estimate of drug-likeness (QED) is 0.770. The molecule has 0 atom stereocenters. The molecule has 0 spiro atoms. The van der Waals surface area contributed by atoms with Gasteiger partial charge in [0.15, 0.2) is 0 Å². The first-order valence-corrected chi connectivity index (χ1v) is 8.39. The molecule has 2 aromatic rings. The van der Waals surface area contributed by atoms with Crippen molar-refractivity contribution in [2.45, 2.75) is 17.1 Å². The molecule has 0 N–H and O–H groups in total. The summed E-state index contributed by atoms with van der Waals surface area (Å²) in [7, 11) is 4.26. The average molecular weight is 332 g/mol. The van der Waals surface area contributed by atoms with Crippen LogP contribution in [0.2, 0.25) is 0 Å². The molecule has 2 aromatic carbocycles. The predicted octanol–water partition coefficient (Wildman–Crippen LogP) is 5.10. The summed E-state index contributed by atoms with van der Waals surface area (Å²) in [5.41, 5.74) is 5.61. The molecule has 0 aliphatic carbocycles. The van der Waals surface area contributed by atoms with Gasteiger partial charge in [-0.2, -0.15) is 0 Å². The fourth-order valence-corrected chi connectivity index (χ4v) is 3.78. The van der Waals surface area contributed by atoms with Crippen molar-refractivity contribution in [1.29, 1.82) is 0 Å². The summed E-state index contributed by atoms with van der Waals surface area (Å²) in [4.78, 5) is 3.63. The molecule has 0 unspecified atom stereocenters. The maximum Gasteiger partial charge on any atom is 0.0238 e. The van der Waals surface area contributed by atoms with Crippen LogP contribution in [0.4, 0.5) is 0 Å². The van der Waals surface area contributed by atoms with Gasteiger partial charge in [-0.3, -0.25) is 0 Å².